The maximum absolute atomic E-state index is 12.3. The largest absolute Gasteiger partial charge is 0.364 e. The van der Waals surface area contributed by atoms with Crippen LogP contribution in [0.15, 0.2) is 24.3 Å². The molecule has 2 atom stereocenters. The Balaban J connectivity index is 1.51. The Kier molecular flexibility index (Phi) is 6.04. The van der Waals surface area contributed by atoms with Crippen molar-refractivity contribution in [3.63, 3.8) is 0 Å². The Labute approximate surface area is 148 Å². The van der Waals surface area contributed by atoms with Crippen molar-refractivity contribution in [2.45, 2.75) is 63.2 Å². The van der Waals surface area contributed by atoms with E-state index in [4.69, 9.17) is 10.5 Å². The van der Waals surface area contributed by atoms with Gasteiger partial charge in [-0.05, 0) is 49.9 Å². The van der Waals surface area contributed by atoms with E-state index < -0.39 is 6.10 Å². The highest BCUT2D eigenvalue weighted by atomic mass is 16.5. The van der Waals surface area contributed by atoms with Gasteiger partial charge in [-0.1, -0.05) is 19.3 Å². The molecule has 0 spiro atoms. The molecule has 2 fully saturated rings. The minimum absolute atomic E-state index is 0.0263. The molecule has 25 heavy (non-hydrogen) atoms. The number of carbonyl (C=O) groups excluding carboxylic acids is 2. The molecular weight excluding hydrogens is 318 g/mol. The van der Waals surface area contributed by atoms with Gasteiger partial charge >= 0.3 is 0 Å². The second-order valence-corrected chi connectivity index (χ2v) is 6.93. The molecule has 1 heterocycles. The van der Waals surface area contributed by atoms with Crippen LogP contribution in [0.4, 0.5) is 5.69 Å². The molecule has 6 heteroatoms. The summed E-state index contributed by atoms with van der Waals surface area (Å²) in [5.41, 5.74) is 6.85. The lowest BCUT2D eigenvalue weighted by Crippen LogP contribution is -2.36. The summed E-state index contributed by atoms with van der Waals surface area (Å²) in [7, 11) is 0. The molecule has 2 aliphatic rings. The Hall–Kier alpha value is -1.92. The maximum Gasteiger partial charge on any atom is 0.253 e. The average Bonchev–Trinajstić information content (AvgIpc) is 3.12. The Morgan fingerprint density at radius 2 is 1.76 bits per heavy atom. The van der Waals surface area contributed by atoms with Gasteiger partial charge in [0.2, 0.25) is 0 Å². The Morgan fingerprint density at radius 1 is 1.04 bits per heavy atom. The summed E-state index contributed by atoms with van der Waals surface area (Å²) in [5, 5.41) is 5.93. The fraction of sp³-hybridized carbons (Fsp3) is 0.579. The number of anilines is 1. The van der Waals surface area contributed by atoms with Crippen LogP contribution in [0, 0.1) is 0 Å². The second kappa shape index (κ2) is 8.45. The highest BCUT2D eigenvalue weighted by Gasteiger charge is 2.29. The minimum atomic E-state index is -0.442. The fourth-order valence-electron chi connectivity index (χ4n) is 3.52. The second-order valence-electron chi connectivity index (χ2n) is 6.93. The first-order valence-electron chi connectivity index (χ1n) is 9.23. The molecule has 1 saturated heterocycles. The van der Waals surface area contributed by atoms with Gasteiger partial charge in [-0.2, -0.15) is 0 Å². The van der Waals surface area contributed by atoms with E-state index in [1.54, 1.807) is 24.3 Å². The molecule has 0 unspecified atom stereocenters. The standard InChI is InChI=1S/C19H27N3O3/c20-12-16-10-11-17(25-16)19(24)22-15-8-6-13(7-9-15)18(23)21-14-4-2-1-3-5-14/h6-9,14,16-17H,1-5,10-12,20H2,(H,21,23)(H,22,24)/t16-,17+/m1/s1. The number of nitrogens with one attached hydrogen (secondary N) is 2. The van der Waals surface area contributed by atoms with Crippen molar-refractivity contribution in [3.05, 3.63) is 29.8 Å². The normalized spacial score (nSPS) is 24.0. The summed E-state index contributed by atoms with van der Waals surface area (Å²) in [6.07, 6.45) is 6.79. The molecule has 136 valence electrons. The van der Waals surface area contributed by atoms with Crippen molar-refractivity contribution in [1.29, 1.82) is 0 Å². The zero-order chi connectivity index (χ0) is 17.6. The topological polar surface area (TPSA) is 93.5 Å². The third-order valence-corrected chi connectivity index (χ3v) is 5.02. The predicted octanol–water partition coefficient (Wildman–Crippen LogP) is 2.19. The number of rotatable bonds is 5. The van der Waals surface area contributed by atoms with Gasteiger partial charge in [0, 0.05) is 23.8 Å². The van der Waals surface area contributed by atoms with Crippen molar-refractivity contribution in [2.24, 2.45) is 5.73 Å². The van der Waals surface area contributed by atoms with E-state index in [1.165, 1.54) is 19.3 Å². The lowest BCUT2D eigenvalue weighted by Gasteiger charge is -2.22. The van der Waals surface area contributed by atoms with Gasteiger partial charge in [-0.25, -0.2) is 0 Å². The number of carbonyl (C=O) groups is 2. The molecule has 4 N–H and O–H groups in total. The van der Waals surface area contributed by atoms with Crippen LogP contribution in [-0.4, -0.2) is 36.6 Å². The summed E-state index contributed by atoms with van der Waals surface area (Å²) in [6, 6.07) is 7.28. The van der Waals surface area contributed by atoms with E-state index in [-0.39, 0.29) is 24.0 Å². The van der Waals surface area contributed by atoms with Gasteiger partial charge < -0.3 is 21.1 Å². The van der Waals surface area contributed by atoms with E-state index in [1.807, 2.05) is 0 Å². The quantitative estimate of drug-likeness (QED) is 0.762. The van der Waals surface area contributed by atoms with Crippen LogP contribution >= 0.6 is 0 Å². The molecule has 3 rings (SSSR count). The van der Waals surface area contributed by atoms with E-state index in [0.29, 0.717) is 24.2 Å². The van der Waals surface area contributed by atoms with E-state index >= 15 is 0 Å². The van der Waals surface area contributed by atoms with Crippen LogP contribution in [0.1, 0.15) is 55.3 Å². The number of hydrogen-bond donors (Lipinski definition) is 3. The lowest BCUT2D eigenvalue weighted by molar-refractivity contribution is -0.126. The molecule has 1 aliphatic carbocycles. The van der Waals surface area contributed by atoms with Crippen molar-refractivity contribution < 1.29 is 14.3 Å². The van der Waals surface area contributed by atoms with Crippen LogP contribution in [0.25, 0.3) is 0 Å². The van der Waals surface area contributed by atoms with Crippen LogP contribution in [0.5, 0.6) is 0 Å². The van der Waals surface area contributed by atoms with Gasteiger partial charge in [0.15, 0.2) is 0 Å². The summed E-state index contributed by atoms with van der Waals surface area (Å²) in [5.74, 6) is -0.204. The SMILES string of the molecule is NC[C@H]1CC[C@@H](C(=O)Nc2ccc(C(=O)NC3CCCCC3)cc2)O1. The number of nitrogens with two attached hydrogens (primary N) is 1. The molecule has 0 aromatic heterocycles. The minimum Gasteiger partial charge on any atom is -0.364 e. The molecule has 6 nitrogen and oxygen atoms in total. The van der Waals surface area contributed by atoms with Gasteiger partial charge in [-0.3, -0.25) is 9.59 Å². The van der Waals surface area contributed by atoms with Crippen molar-refractivity contribution in [1.82, 2.24) is 5.32 Å². The van der Waals surface area contributed by atoms with E-state index in [9.17, 15) is 9.59 Å². The number of ether oxygens (including phenoxy) is 1. The highest BCUT2D eigenvalue weighted by molar-refractivity contribution is 5.97. The summed E-state index contributed by atoms with van der Waals surface area (Å²) in [4.78, 5) is 24.5. The molecule has 0 bridgehead atoms. The molecule has 2 amide bonds. The number of amides is 2. The molecule has 0 radical (unpaired) electrons. The zero-order valence-corrected chi connectivity index (χ0v) is 14.5. The van der Waals surface area contributed by atoms with Crippen molar-refractivity contribution in [3.8, 4) is 0 Å². The molecule has 1 aliphatic heterocycles. The smallest absolute Gasteiger partial charge is 0.253 e. The summed E-state index contributed by atoms with van der Waals surface area (Å²) < 4.78 is 5.59. The first-order chi connectivity index (χ1) is 12.2. The number of benzene rings is 1. The average molecular weight is 345 g/mol. The fourth-order valence-corrected chi connectivity index (χ4v) is 3.52. The van der Waals surface area contributed by atoms with Gasteiger partial charge in [0.1, 0.15) is 6.10 Å². The Bertz CT molecular complexity index is 596. The monoisotopic (exact) mass is 345 g/mol. The van der Waals surface area contributed by atoms with Crippen molar-refractivity contribution in [2.75, 3.05) is 11.9 Å². The summed E-state index contributed by atoms with van der Waals surface area (Å²) in [6.45, 7) is 0.439. The van der Waals surface area contributed by atoms with Gasteiger partial charge in [-0.15, -0.1) is 0 Å². The number of hydrogen-bond acceptors (Lipinski definition) is 4. The molecule has 1 aromatic rings. The third-order valence-electron chi connectivity index (χ3n) is 5.02. The maximum atomic E-state index is 12.3. The van der Waals surface area contributed by atoms with Gasteiger partial charge in [0.25, 0.3) is 11.8 Å². The first-order valence-corrected chi connectivity index (χ1v) is 9.23. The lowest BCUT2D eigenvalue weighted by atomic mass is 9.95. The van der Waals surface area contributed by atoms with E-state index in [2.05, 4.69) is 10.6 Å². The van der Waals surface area contributed by atoms with Crippen LogP contribution in [0.3, 0.4) is 0 Å². The van der Waals surface area contributed by atoms with Crippen LogP contribution in [-0.2, 0) is 9.53 Å². The zero-order valence-electron chi connectivity index (χ0n) is 14.5. The summed E-state index contributed by atoms with van der Waals surface area (Å²) >= 11 is 0. The van der Waals surface area contributed by atoms with E-state index in [0.717, 1.165) is 19.3 Å². The molecular formula is C19H27N3O3. The Morgan fingerprint density at radius 3 is 2.40 bits per heavy atom. The van der Waals surface area contributed by atoms with Crippen molar-refractivity contribution >= 4 is 17.5 Å². The van der Waals surface area contributed by atoms with Crippen LogP contribution < -0.4 is 16.4 Å². The van der Waals surface area contributed by atoms with Crippen LogP contribution in [0.2, 0.25) is 0 Å². The first kappa shape index (κ1) is 17.9. The van der Waals surface area contributed by atoms with Gasteiger partial charge in [0.05, 0.1) is 6.10 Å². The predicted molar refractivity (Wildman–Crippen MR) is 96.4 cm³/mol. The molecule has 1 saturated carbocycles. The molecule has 1 aromatic carbocycles. The highest BCUT2D eigenvalue weighted by Crippen LogP contribution is 2.21. The third kappa shape index (κ3) is 4.80.